The van der Waals surface area contributed by atoms with Gasteiger partial charge in [-0.3, -0.25) is 14.4 Å². The number of aldehydes is 1. The van der Waals surface area contributed by atoms with Crippen LogP contribution in [0, 0.1) is 50.7 Å². The molecule has 10 nitrogen and oxygen atoms in total. The molecule has 5 aliphatic carbocycles. The Morgan fingerprint density at radius 1 is 0.936 bits per heavy atom. The van der Waals surface area contributed by atoms with Gasteiger partial charge in [0.1, 0.15) is 43.4 Å². The Bertz CT molecular complexity index is 1300. The largest absolute Gasteiger partial charge is 0.463 e. The van der Waals surface area contributed by atoms with E-state index in [4.69, 9.17) is 18.9 Å². The zero-order chi connectivity index (χ0) is 34.5. The summed E-state index contributed by atoms with van der Waals surface area (Å²) in [6.07, 6.45) is 0.957. The fourth-order valence-corrected chi connectivity index (χ4v) is 12.8. The normalized spacial score (nSPS) is 50.1. The van der Waals surface area contributed by atoms with Crippen LogP contribution in [0.2, 0.25) is 0 Å². The average Bonchev–Trinajstić information content (AvgIpc) is 3.58. The lowest BCUT2D eigenvalue weighted by molar-refractivity contribution is -0.344. The average molecular weight is 661 g/mol. The molecule has 0 spiro atoms. The van der Waals surface area contributed by atoms with Crippen molar-refractivity contribution < 1.29 is 48.7 Å². The van der Waals surface area contributed by atoms with Crippen LogP contribution in [0.4, 0.5) is 0 Å². The van der Waals surface area contributed by atoms with E-state index in [0.717, 1.165) is 51.2 Å². The Balaban J connectivity index is 1.40. The molecule has 1 aliphatic heterocycles. The maximum Gasteiger partial charge on any atom is 0.302 e. The highest BCUT2D eigenvalue weighted by atomic mass is 16.7. The van der Waals surface area contributed by atoms with E-state index in [2.05, 4.69) is 41.2 Å². The number of hydrogen-bond acceptors (Lipinski definition) is 10. The first-order valence-electron chi connectivity index (χ1n) is 17.7. The van der Waals surface area contributed by atoms with Gasteiger partial charge in [0.05, 0.1) is 6.10 Å². The van der Waals surface area contributed by atoms with Gasteiger partial charge in [0, 0.05) is 24.7 Å². The number of esters is 2. The van der Waals surface area contributed by atoms with Crippen LogP contribution in [0.5, 0.6) is 0 Å². The molecular weight excluding hydrogens is 604 g/mol. The molecule has 15 atom stereocenters. The maximum atomic E-state index is 12.2. The summed E-state index contributed by atoms with van der Waals surface area (Å²) in [7, 11) is 0. The van der Waals surface area contributed by atoms with Crippen molar-refractivity contribution in [3.8, 4) is 0 Å². The summed E-state index contributed by atoms with van der Waals surface area (Å²) in [5.74, 6) is -0.00407. The van der Waals surface area contributed by atoms with Crippen LogP contribution >= 0.6 is 0 Å². The Labute approximate surface area is 278 Å². The maximum absolute atomic E-state index is 12.2. The number of carbonyl (C=O) groups is 3. The lowest BCUT2D eigenvalue weighted by atomic mass is 9.37. The zero-order valence-corrected chi connectivity index (χ0v) is 29.2. The number of carbonyl (C=O) groups excluding carboxylic acids is 3. The molecule has 10 heteroatoms. The number of rotatable bonds is 8. The SMILES string of the molecule is C=C(C=O)[C@H](C)[C@@H]1CCC23CC12CC[C@@H]1[C@@]2(C)CC[C@@H](OC(C)=O)C(C)(C)[C@@H]2C[C@@H](O[C@@H]2O[C@H](COC(C)=O)[C@@H](O)[C@H](O)[C@H]2O)[C@]13C. The van der Waals surface area contributed by atoms with E-state index in [-0.39, 0.29) is 69.6 Å². The summed E-state index contributed by atoms with van der Waals surface area (Å²) < 4.78 is 24.2. The third kappa shape index (κ3) is 4.85. The van der Waals surface area contributed by atoms with Gasteiger partial charge in [-0.2, -0.15) is 0 Å². The number of hydrogen-bond donors (Lipinski definition) is 3. The summed E-state index contributed by atoms with van der Waals surface area (Å²) >= 11 is 0. The second-order valence-electron chi connectivity index (χ2n) is 17.1. The number of allylic oxidation sites excluding steroid dienone is 1. The van der Waals surface area contributed by atoms with Crippen molar-refractivity contribution in [2.45, 2.75) is 143 Å². The fourth-order valence-electron chi connectivity index (χ4n) is 12.8. The van der Waals surface area contributed by atoms with Crippen molar-refractivity contribution in [3.63, 3.8) is 0 Å². The third-order valence-electron chi connectivity index (χ3n) is 15.1. The second-order valence-corrected chi connectivity index (χ2v) is 17.1. The Morgan fingerprint density at radius 3 is 2.28 bits per heavy atom. The van der Waals surface area contributed by atoms with Crippen molar-refractivity contribution in [2.24, 2.45) is 50.7 Å². The van der Waals surface area contributed by atoms with Crippen LogP contribution in [0.15, 0.2) is 12.2 Å². The Kier molecular flexibility index (Phi) is 8.64. The predicted octanol–water partition coefficient (Wildman–Crippen LogP) is 4.11. The molecule has 6 aliphatic rings. The number of aliphatic hydroxyl groups is 3. The van der Waals surface area contributed by atoms with Gasteiger partial charge in [-0.25, -0.2) is 0 Å². The summed E-state index contributed by atoms with van der Waals surface area (Å²) in [6, 6.07) is 0. The molecule has 264 valence electrons. The molecule has 6 fully saturated rings. The van der Waals surface area contributed by atoms with Crippen LogP contribution in [0.3, 0.4) is 0 Å². The minimum atomic E-state index is -1.55. The highest BCUT2D eigenvalue weighted by molar-refractivity contribution is 5.73. The smallest absolute Gasteiger partial charge is 0.302 e. The molecule has 0 aromatic heterocycles. The van der Waals surface area contributed by atoms with Gasteiger partial charge in [0.15, 0.2) is 6.29 Å². The minimum absolute atomic E-state index is 0.0323. The van der Waals surface area contributed by atoms with Crippen molar-refractivity contribution in [1.29, 1.82) is 0 Å². The Hall–Kier alpha value is -1.85. The van der Waals surface area contributed by atoms with Gasteiger partial charge in [0.25, 0.3) is 0 Å². The first kappa shape index (κ1) is 35.0. The molecule has 3 N–H and O–H groups in total. The molecule has 0 aromatic carbocycles. The molecule has 2 unspecified atom stereocenters. The van der Waals surface area contributed by atoms with E-state index in [1.807, 2.05) is 0 Å². The molecule has 0 radical (unpaired) electrons. The van der Waals surface area contributed by atoms with Crippen molar-refractivity contribution in [2.75, 3.05) is 6.61 Å². The number of ether oxygens (including phenoxy) is 4. The van der Waals surface area contributed by atoms with Gasteiger partial charge in [-0.1, -0.05) is 41.2 Å². The molecular formula is C37H56O10. The highest BCUT2D eigenvalue weighted by Gasteiger charge is 2.85. The first-order chi connectivity index (χ1) is 21.9. The van der Waals surface area contributed by atoms with E-state index in [1.165, 1.54) is 13.8 Å². The van der Waals surface area contributed by atoms with Crippen LogP contribution < -0.4 is 0 Å². The van der Waals surface area contributed by atoms with E-state index >= 15 is 0 Å². The molecule has 0 aromatic rings. The van der Waals surface area contributed by atoms with Crippen molar-refractivity contribution in [1.82, 2.24) is 0 Å². The molecule has 6 rings (SSSR count). The lowest BCUT2D eigenvalue weighted by Gasteiger charge is -2.69. The third-order valence-corrected chi connectivity index (χ3v) is 15.1. The van der Waals surface area contributed by atoms with E-state index in [1.54, 1.807) is 0 Å². The molecule has 1 saturated heterocycles. The quantitative estimate of drug-likeness (QED) is 0.150. The standard InChI is InChI=1S/C37H56O10/c1-19(16-38)20(2)23-9-14-37-18-36(23,37)13-10-25-34(7)12-11-27(45-22(4)40)33(5,6)26(34)15-28(35(25,37)8)47-32-31(43)30(42)29(41)24(46-32)17-44-21(3)39/h16,20,23-32,41-43H,1,9-15,17-18H2,2-8H3/t20-,23-,24+,25+,26-,27+,28+,29+,30-,31+,32-,34+,35-,36?,37?/m0/s1. The van der Waals surface area contributed by atoms with Crippen molar-refractivity contribution >= 4 is 18.2 Å². The van der Waals surface area contributed by atoms with Crippen LogP contribution in [0.25, 0.3) is 0 Å². The van der Waals surface area contributed by atoms with E-state index < -0.39 is 36.7 Å². The van der Waals surface area contributed by atoms with Crippen LogP contribution in [-0.2, 0) is 33.3 Å². The molecule has 47 heavy (non-hydrogen) atoms. The minimum Gasteiger partial charge on any atom is -0.463 e. The summed E-state index contributed by atoms with van der Waals surface area (Å²) in [4.78, 5) is 35.6. The van der Waals surface area contributed by atoms with Crippen LogP contribution in [-0.4, -0.2) is 83.1 Å². The van der Waals surface area contributed by atoms with Crippen LogP contribution in [0.1, 0.15) is 99.8 Å². The predicted molar refractivity (Wildman–Crippen MR) is 170 cm³/mol. The number of aliphatic hydroxyl groups excluding tert-OH is 3. The second kappa shape index (κ2) is 11.6. The van der Waals surface area contributed by atoms with E-state index in [0.29, 0.717) is 17.9 Å². The Morgan fingerprint density at radius 2 is 1.64 bits per heavy atom. The van der Waals surface area contributed by atoms with Gasteiger partial charge in [-0.15, -0.1) is 0 Å². The number of fused-ring (bicyclic) bond motifs is 3. The topological polar surface area (TPSA) is 149 Å². The van der Waals surface area contributed by atoms with Gasteiger partial charge in [-0.05, 0) is 96.9 Å². The van der Waals surface area contributed by atoms with Crippen molar-refractivity contribution in [3.05, 3.63) is 12.2 Å². The van der Waals surface area contributed by atoms with Gasteiger partial charge < -0.3 is 34.3 Å². The first-order valence-corrected chi connectivity index (χ1v) is 17.7. The fraction of sp³-hybridized carbons (Fsp3) is 0.865. The summed E-state index contributed by atoms with van der Waals surface area (Å²) in [5.41, 5.74) is -0.0564. The summed E-state index contributed by atoms with van der Waals surface area (Å²) in [5, 5.41) is 32.8. The highest BCUT2D eigenvalue weighted by Crippen LogP contribution is 2.91. The molecule has 1 heterocycles. The lowest BCUT2D eigenvalue weighted by Crippen LogP contribution is -2.68. The van der Waals surface area contributed by atoms with Gasteiger partial charge >= 0.3 is 11.9 Å². The monoisotopic (exact) mass is 660 g/mol. The summed E-state index contributed by atoms with van der Waals surface area (Å²) in [6.45, 7) is 17.9. The van der Waals surface area contributed by atoms with Gasteiger partial charge in [0.2, 0.25) is 0 Å². The molecule has 0 amide bonds. The molecule has 0 bridgehead atoms. The zero-order valence-electron chi connectivity index (χ0n) is 29.2. The molecule has 5 saturated carbocycles. The van der Waals surface area contributed by atoms with E-state index in [9.17, 15) is 29.7 Å².